The fourth-order valence-corrected chi connectivity index (χ4v) is 3.02. The van der Waals surface area contributed by atoms with Crippen molar-refractivity contribution in [2.75, 3.05) is 37.7 Å². The quantitative estimate of drug-likeness (QED) is 0.792. The first-order valence-electron chi connectivity index (χ1n) is 9.39. The van der Waals surface area contributed by atoms with Gasteiger partial charge in [0.05, 0.1) is 13.2 Å². The molecule has 0 aromatic heterocycles. The lowest BCUT2D eigenvalue weighted by atomic mass is 10.1. The average molecular weight is 364 g/mol. The predicted octanol–water partition coefficient (Wildman–Crippen LogP) is 3.93. The van der Waals surface area contributed by atoms with Crippen molar-refractivity contribution in [3.05, 3.63) is 18.2 Å². The maximum absolute atomic E-state index is 12.4. The number of ether oxygens (including phenoxy) is 3. The van der Waals surface area contributed by atoms with Crippen LogP contribution in [0.3, 0.4) is 0 Å². The zero-order chi connectivity index (χ0) is 19.3. The molecule has 1 heterocycles. The van der Waals surface area contributed by atoms with Gasteiger partial charge < -0.3 is 24.0 Å². The summed E-state index contributed by atoms with van der Waals surface area (Å²) >= 11 is 0. The first kappa shape index (κ1) is 20.2. The maximum Gasteiger partial charge on any atom is 0.410 e. The van der Waals surface area contributed by atoms with Crippen molar-refractivity contribution in [3.8, 4) is 11.5 Å². The molecule has 2 rings (SSSR count). The Hall–Kier alpha value is -2.11. The van der Waals surface area contributed by atoms with Crippen LogP contribution in [0.25, 0.3) is 0 Å². The van der Waals surface area contributed by atoms with Gasteiger partial charge in [-0.25, -0.2) is 4.79 Å². The van der Waals surface area contributed by atoms with Crippen molar-refractivity contribution in [1.82, 2.24) is 4.90 Å². The van der Waals surface area contributed by atoms with Crippen LogP contribution in [-0.2, 0) is 4.74 Å². The summed E-state index contributed by atoms with van der Waals surface area (Å²) in [6.07, 6.45) is -0.244. The number of hydrogen-bond donors (Lipinski definition) is 0. The monoisotopic (exact) mass is 364 g/mol. The van der Waals surface area contributed by atoms with Crippen LogP contribution in [0.4, 0.5) is 10.5 Å². The summed E-state index contributed by atoms with van der Waals surface area (Å²) in [6, 6.07) is 6.09. The molecular formula is C20H32N2O4. The largest absolute Gasteiger partial charge is 0.490 e. The van der Waals surface area contributed by atoms with Crippen LogP contribution in [0, 0.1) is 0 Å². The van der Waals surface area contributed by atoms with E-state index in [2.05, 4.69) is 4.90 Å². The van der Waals surface area contributed by atoms with Crippen molar-refractivity contribution in [1.29, 1.82) is 0 Å². The number of carbonyl (C=O) groups excluding carboxylic acids is 1. The van der Waals surface area contributed by atoms with E-state index in [-0.39, 0.29) is 12.1 Å². The van der Waals surface area contributed by atoms with Gasteiger partial charge in [0.2, 0.25) is 0 Å². The molecule has 0 bridgehead atoms. The van der Waals surface area contributed by atoms with Crippen LogP contribution in [0.5, 0.6) is 11.5 Å². The van der Waals surface area contributed by atoms with Crippen LogP contribution in [0.2, 0.25) is 0 Å². The third-order valence-electron chi connectivity index (χ3n) is 4.15. The molecule has 6 nitrogen and oxygen atoms in total. The molecule has 6 heteroatoms. The van der Waals surface area contributed by atoms with E-state index in [0.717, 1.165) is 30.3 Å². The minimum atomic E-state index is -0.477. The molecule has 26 heavy (non-hydrogen) atoms. The first-order valence-corrected chi connectivity index (χ1v) is 9.39. The second-order valence-corrected chi connectivity index (χ2v) is 7.47. The topological polar surface area (TPSA) is 51.2 Å². The molecule has 146 valence electrons. The number of piperazine rings is 1. The molecule has 0 N–H and O–H groups in total. The van der Waals surface area contributed by atoms with E-state index in [1.165, 1.54) is 0 Å². The van der Waals surface area contributed by atoms with Gasteiger partial charge in [0.25, 0.3) is 0 Å². The van der Waals surface area contributed by atoms with Gasteiger partial charge in [-0.15, -0.1) is 0 Å². The van der Waals surface area contributed by atoms with Gasteiger partial charge in [-0.05, 0) is 53.7 Å². The average Bonchev–Trinajstić information content (AvgIpc) is 2.55. The highest BCUT2D eigenvalue weighted by molar-refractivity contribution is 5.69. The summed E-state index contributed by atoms with van der Waals surface area (Å²) < 4.78 is 16.9. The Bertz CT molecular complexity index is 612. The van der Waals surface area contributed by atoms with E-state index in [0.29, 0.717) is 19.8 Å². The fraction of sp³-hybridized carbons (Fsp3) is 0.650. The van der Waals surface area contributed by atoms with Crippen molar-refractivity contribution >= 4 is 11.8 Å². The summed E-state index contributed by atoms with van der Waals surface area (Å²) in [5, 5.41) is 0. The predicted molar refractivity (Wildman–Crippen MR) is 103 cm³/mol. The molecule has 1 aromatic rings. The van der Waals surface area contributed by atoms with Gasteiger partial charge >= 0.3 is 6.09 Å². The maximum atomic E-state index is 12.4. The van der Waals surface area contributed by atoms with Gasteiger partial charge in [0, 0.05) is 37.4 Å². The lowest BCUT2D eigenvalue weighted by Gasteiger charge is -2.41. The van der Waals surface area contributed by atoms with E-state index in [1.54, 1.807) is 4.90 Å². The fourth-order valence-electron chi connectivity index (χ4n) is 3.02. The van der Waals surface area contributed by atoms with E-state index >= 15 is 0 Å². The van der Waals surface area contributed by atoms with Crippen molar-refractivity contribution in [3.63, 3.8) is 0 Å². The van der Waals surface area contributed by atoms with Gasteiger partial charge in [-0.3, -0.25) is 0 Å². The first-order chi connectivity index (χ1) is 12.2. The highest BCUT2D eigenvalue weighted by Crippen LogP contribution is 2.33. The van der Waals surface area contributed by atoms with Crippen LogP contribution >= 0.6 is 0 Å². The molecule has 0 radical (unpaired) electrons. The zero-order valence-electron chi connectivity index (χ0n) is 16.9. The Balaban J connectivity index is 2.08. The summed E-state index contributed by atoms with van der Waals surface area (Å²) in [6.45, 7) is 15.0. The van der Waals surface area contributed by atoms with E-state index in [4.69, 9.17) is 14.2 Å². The minimum absolute atomic E-state index is 0.0701. The molecule has 0 aliphatic carbocycles. The third kappa shape index (κ3) is 5.19. The Labute approximate surface area is 157 Å². The van der Waals surface area contributed by atoms with Gasteiger partial charge in [0.1, 0.15) is 5.60 Å². The Morgan fingerprint density at radius 2 is 1.77 bits per heavy atom. The van der Waals surface area contributed by atoms with Crippen LogP contribution in [0.15, 0.2) is 18.2 Å². The zero-order valence-corrected chi connectivity index (χ0v) is 16.9. The smallest absolute Gasteiger partial charge is 0.410 e. The van der Waals surface area contributed by atoms with E-state index in [9.17, 15) is 4.79 Å². The van der Waals surface area contributed by atoms with E-state index < -0.39 is 5.60 Å². The number of rotatable bonds is 5. The lowest BCUT2D eigenvalue weighted by molar-refractivity contribution is 0.0159. The Morgan fingerprint density at radius 3 is 2.35 bits per heavy atom. The second kappa shape index (κ2) is 8.52. The highest BCUT2D eigenvalue weighted by Gasteiger charge is 2.31. The lowest BCUT2D eigenvalue weighted by Crippen LogP contribution is -2.55. The SMILES string of the molecule is CCOc1ccc(N2CCN(C(=O)OC(C)(C)C)C(C)C2)cc1OCC. The molecule has 1 aliphatic rings. The van der Waals surface area contributed by atoms with Gasteiger partial charge in [0.15, 0.2) is 11.5 Å². The molecule has 0 saturated carbocycles. The summed E-state index contributed by atoms with van der Waals surface area (Å²) in [5.41, 5.74) is 0.600. The molecule has 1 unspecified atom stereocenters. The Kier molecular flexibility index (Phi) is 6.62. The Morgan fingerprint density at radius 1 is 1.12 bits per heavy atom. The number of anilines is 1. The summed E-state index contributed by atoms with van der Waals surface area (Å²) in [7, 11) is 0. The van der Waals surface area contributed by atoms with E-state index in [1.807, 2.05) is 59.7 Å². The van der Waals surface area contributed by atoms with Crippen molar-refractivity contribution in [2.45, 2.75) is 53.2 Å². The molecule has 1 saturated heterocycles. The highest BCUT2D eigenvalue weighted by atomic mass is 16.6. The molecule has 1 amide bonds. The second-order valence-electron chi connectivity index (χ2n) is 7.47. The number of hydrogen-bond acceptors (Lipinski definition) is 5. The molecule has 1 fully saturated rings. The van der Waals surface area contributed by atoms with Crippen LogP contribution in [0.1, 0.15) is 41.5 Å². The number of benzene rings is 1. The molecule has 1 atom stereocenters. The minimum Gasteiger partial charge on any atom is -0.490 e. The van der Waals surface area contributed by atoms with Crippen molar-refractivity contribution in [2.24, 2.45) is 0 Å². The molecular weight excluding hydrogens is 332 g/mol. The van der Waals surface area contributed by atoms with Gasteiger partial charge in [-0.2, -0.15) is 0 Å². The third-order valence-corrected chi connectivity index (χ3v) is 4.15. The van der Waals surface area contributed by atoms with Crippen LogP contribution < -0.4 is 14.4 Å². The molecule has 1 aromatic carbocycles. The summed E-state index contributed by atoms with van der Waals surface area (Å²) in [4.78, 5) is 16.4. The molecule has 1 aliphatic heterocycles. The van der Waals surface area contributed by atoms with Crippen LogP contribution in [-0.4, -0.2) is 55.5 Å². The standard InChI is InChI=1S/C20H32N2O4/c1-7-24-17-10-9-16(13-18(17)25-8-2)21-11-12-22(15(3)14-21)19(23)26-20(4,5)6/h9-10,13,15H,7-8,11-12,14H2,1-6H3. The summed E-state index contributed by atoms with van der Waals surface area (Å²) in [5.74, 6) is 1.52. The van der Waals surface area contributed by atoms with Crippen molar-refractivity contribution < 1.29 is 19.0 Å². The molecule has 0 spiro atoms. The number of carbonyl (C=O) groups is 1. The number of amides is 1. The number of nitrogens with zero attached hydrogens (tertiary/aromatic N) is 2. The normalized spacial score (nSPS) is 17.8. The van der Waals surface area contributed by atoms with Gasteiger partial charge in [-0.1, -0.05) is 0 Å².